The average Bonchev–Trinajstić information content (AvgIpc) is 2.93. The smallest absolute Gasteiger partial charge is 0.248 e. The van der Waals surface area contributed by atoms with Crippen LogP contribution in [0.15, 0.2) is 73.3 Å². The Morgan fingerprint density at radius 3 is 2.22 bits per heavy atom. The van der Waals surface area contributed by atoms with Gasteiger partial charge in [0.1, 0.15) is 18.1 Å². The average molecular weight is 502 g/mol. The van der Waals surface area contributed by atoms with Crippen LogP contribution in [0.2, 0.25) is 0 Å². The van der Waals surface area contributed by atoms with Gasteiger partial charge in [-0.15, -0.1) is 0 Å². The van der Waals surface area contributed by atoms with E-state index in [9.17, 15) is 4.79 Å². The number of hydrogen-bond acceptors (Lipinski definition) is 6. The quantitative estimate of drug-likeness (QED) is 0.183. The molecule has 37 heavy (non-hydrogen) atoms. The van der Waals surface area contributed by atoms with Crippen molar-refractivity contribution in [2.45, 2.75) is 0 Å². The minimum atomic E-state index is -0.284. The molecular weight excluding hydrogens is 470 g/mol. The molecule has 0 fully saturated rings. The minimum absolute atomic E-state index is 0.284. The van der Waals surface area contributed by atoms with E-state index in [-0.39, 0.29) is 5.91 Å². The first-order valence-corrected chi connectivity index (χ1v) is 11.5. The lowest BCUT2D eigenvalue weighted by Gasteiger charge is -2.13. The number of carbonyl (C=O) groups excluding carboxylic acids is 1. The van der Waals surface area contributed by atoms with Gasteiger partial charge in [-0.1, -0.05) is 36.9 Å². The standard InChI is InChI=1S/C30H31NO6/c1-6-16-37-25-9-7-8-21(17-25)11-15-29(32)31-26-20-24(33-2)14-13-23(26)12-10-22-18-27(34-3)30(36-5)28(19-22)35-4/h6-15,17-20H,1,16H2,2-5H3,(H,31,32)/b12-10+,15-11+. The van der Waals surface area contributed by atoms with Crippen molar-refractivity contribution in [1.29, 1.82) is 0 Å². The molecule has 7 nitrogen and oxygen atoms in total. The van der Waals surface area contributed by atoms with Gasteiger partial charge in [0.15, 0.2) is 11.5 Å². The fourth-order valence-electron chi connectivity index (χ4n) is 3.51. The molecule has 0 bridgehead atoms. The number of methoxy groups -OCH3 is 4. The lowest BCUT2D eigenvalue weighted by atomic mass is 10.1. The third-order valence-electron chi connectivity index (χ3n) is 5.31. The Kier molecular flexibility index (Phi) is 9.79. The normalized spacial score (nSPS) is 10.8. The highest BCUT2D eigenvalue weighted by molar-refractivity contribution is 6.03. The second-order valence-electron chi connectivity index (χ2n) is 7.74. The molecule has 0 aromatic heterocycles. The van der Waals surface area contributed by atoms with Crippen molar-refractivity contribution in [2.75, 3.05) is 40.4 Å². The van der Waals surface area contributed by atoms with Gasteiger partial charge in [0.2, 0.25) is 11.7 Å². The zero-order valence-corrected chi connectivity index (χ0v) is 21.4. The Balaban J connectivity index is 1.83. The van der Waals surface area contributed by atoms with Crippen LogP contribution in [0.25, 0.3) is 18.2 Å². The van der Waals surface area contributed by atoms with Gasteiger partial charge in [0, 0.05) is 12.1 Å². The summed E-state index contributed by atoms with van der Waals surface area (Å²) in [6.07, 6.45) is 8.66. The summed E-state index contributed by atoms with van der Waals surface area (Å²) in [7, 11) is 6.28. The number of rotatable bonds is 12. The molecule has 0 radical (unpaired) electrons. The van der Waals surface area contributed by atoms with E-state index >= 15 is 0 Å². The Hall–Kier alpha value is -4.65. The van der Waals surface area contributed by atoms with E-state index < -0.39 is 0 Å². The molecule has 0 aliphatic carbocycles. The van der Waals surface area contributed by atoms with Crippen LogP contribution in [0, 0.1) is 0 Å². The van der Waals surface area contributed by atoms with Crippen LogP contribution < -0.4 is 29.0 Å². The third kappa shape index (κ3) is 7.41. The van der Waals surface area contributed by atoms with Gasteiger partial charge in [0.25, 0.3) is 0 Å². The summed E-state index contributed by atoms with van der Waals surface area (Å²) in [5, 5.41) is 2.93. The number of hydrogen-bond donors (Lipinski definition) is 1. The van der Waals surface area contributed by atoms with E-state index in [1.165, 1.54) is 6.08 Å². The zero-order valence-electron chi connectivity index (χ0n) is 21.4. The predicted octanol–water partition coefficient (Wildman–Crippen LogP) is 6.11. The molecule has 0 heterocycles. The first-order chi connectivity index (χ1) is 18.0. The van der Waals surface area contributed by atoms with Crippen LogP contribution in [0.1, 0.15) is 16.7 Å². The number of benzene rings is 3. The van der Waals surface area contributed by atoms with Gasteiger partial charge < -0.3 is 29.0 Å². The molecule has 0 atom stereocenters. The van der Waals surface area contributed by atoms with Gasteiger partial charge in [-0.2, -0.15) is 0 Å². The molecule has 0 unspecified atom stereocenters. The molecule has 1 amide bonds. The second kappa shape index (κ2) is 13.4. The molecule has 192 valence electrons. The van der Waals surface area contributed by atoms with E-state index in [0.29, 0.717) is 41.0 Å². The second-order valence-corrected chi connectivity index (χ2v) is 7.74. The molecule has 0 aliphatic rings. The maximum absolute atomic E-state index is 12.8. The van der Waals surface area contributed by atoms with Crippen molar-refractivity contribution in [3.63, 3.8) is 0 Å². The summed E-state index contributed by atoms with van der Waals surface area (Å²) < 4.78 is 27.2. The zero-order chi connectivity index (χ0) is 26.6. The molecule has 3 aromatic rings. The van der Waals surface area contributed by atoms with E-state index in [1.54, 1.807) is 46.7 Å². The van der Waals surface area contributed by atoms with Crippen LogP contribution in [0.3, 0.4) is 0 Å². The van der Waals surface area contributed by atoms with E-state index in [0.717, 1.165) is 16.7 Å². The van der Waals surface area contributed by atoms with Gasteiger partial charge >= 0.3 is 0 Å². The summed E-state index contributed by atoms with van der Waals surface area (Å²) in [5.41, 5.74) is 3.06. The summed E-state index contributed by atoms with van der Waals surface area (Å²) in [6.45, 7) is 4.06. The molecule has 0 spiro atoms. The largest absolute Gasteiger partial charge is 0.497 e. The maximum atomic E-state index is 12.8. The van der Waals surface area contributed by atoms with Crippen molar-refractivity contribution in [1.82, 2.24) is 0 Å². The lowest BCUT2D eigenvalue weighted by Crippen LogP contribution is -2.09. The van der Waals surface area contributed by atoms with Crippen LogP contribution in [0.5, 0.6) is 28.7 Å². The van der Waals surface area contributed by atoms with Crippen molar-refractivity contribution >= 4 is 29.8 Å². The topological polar surface area (TPSA) is 75.3 Å². The monoisotopic (exact) mass is 501 g/mol. The number of nitrogens with one attached hydrogen (secondary N) is 1. The summed E-state index contributed by atoms with van der Waals surface area (Å²) in [6, 6.07) is 16.6. The lowest BCUT2D eigenvalue weighted by molar-refractivity contribution is -0.111. The van der Waals surface area contributed by atoms with Crippen molar-refractivity contribution in [3.8, 4) is 28.7 Å². The Morgan fingerprint density at radius 2 is 1.57 bits per heavy atom. The van der Waals surface area contributed by atoms with Crippen molar-refractivity contribution in [3.05, 3.63) is 90.0 Å². The van der Waals surface area contributed by atoms with Crippen molar-refractivity contribution in [2.24, 2.45) is 0 Å². The Morgan fingerprint density at radius 1 is 0.811 bits per heavy atom. The van der Waals surface area contributed by atoms with Crippen LogP contribution in [-0.4, -0.2) is 41.0 Å². The van der Waals surface area contributed by atoms with E-state index in [4.69, 9.17) is 23.7 Å². The van der Waals surface area contributed by atoms with Crippen LogP contribution in [0.4, 0.5) is 5.69 Å². The van der Waals surface area contributed by atoms with Crippen LogP contribution >= 0.6 is 0 Å². The third-order valence-corrected chi connectivity index (χ3v) is 5.31. The molecule has 1 N–H and O–H groups in total. The summed E-state index contributed by atoms with van der Waals surface area (Å²) in [5.74, 6) is 2.66. The highest BCUT2D eigenvalue weighted by atomic mass is 16.5. The molecular formula is C30H31NO6. The first kappa shape index (κ1) is 26.9. The predicted molar refractivity (Wildman–Crippen MR) is 148 cm³/mol. The molecule has 3 aromatic carbocycles. The van der Waals surface area contributed by atoms with Gasteiger partial charge in [-0.05, 0) is 59.2 Å². The summed E-state index contributed by atoms with van der Waals surface area (Å²) in [4.78, 5) is 12.8. The summed E-state index contributed by atoms with van der Waals surface area (Å²) >= 11 is 0. The first-order valence-electron chi connectivity index (χ1n) is 11.5. The Labute approximate surface area is 217 Å². The molecule has 7 heteroatoms. The van der Waals surface area contributed by atoms with Gasteiger partial charge in [-0.25, -0.2) is 0 Å². The number of amides is 1. The SMILES string of the molecule is C=CCOc1cccc(/C=C/C(=O)Nc2cc(OC)ccc2/C=C/c2cc(OC)c(OC)c(OC)c2)c1. The number of anilines is 1. The van der Waals surface area contributed by atoms with E-state index in [2.05, 4.69) is 11.9 Å². The fraction of sp³-hybridized carbons (Fsp3) is 0.167. The van der Waals surface area contributed by atoms with Gasteiger partial charge in [-0.3, -0.25) is 4.79 Å². The molecule has 3 rings (SSSR count). The molecule has 0 saturated heterocycles. The van der Waals surface area contributed by atoms with Gasteiger partial charge in [0.05, 0.1) is 34.1 Å². The van der Waals surface area contributed by atoms with Crippen LogP contribution in [-0.2, 0) is 4.79 Å². The fourth-order valence-corrected chi connectivity index (χ4v) is 3.51. The molecule has 0 saturated carbocycles. The minimum Gasteiger partial charge on any atom is -0.497 e. The maximum Gasteiger partial charge on any atom is 0.248 e. The number of ether oxygens (including phenoxy) is 5. The molecule has 0 aliphatic heterocycles. The Bertz CT molecular complexity index is 1270. The number of carbonyl (C=O) groups is 1. The highest BCUT2D eigenvalue weighted by Gasteiger charge is 2.12. The highest BCUT2D eigenvalue weighted by Crippen LogP contribution is 2.38. The van der Waals surface area contributed by atoms with Crippen molar-refractivity contribution < 1.29 is 28.5 Å². The van der Waals surface area contributed by atoms with E-state index in [1.807, 2.05) is 60.7 Å².